The average molecular weight is 422 g/mol. The highest BCUT2D eigenvalue weighted by Crippen LogP contribution is 2.23. The third kappa shape index (κ3) is 4.89. The normalized spacial score (nSPS) is 10.2. The lowest BCUT2D eigenvalue weighted by molar-refractivity contribution is 0.102. The Hall–Kier alpha value is -4.70. The van der Waals surface area contributed by atoms with Crippen molar-refractivity contribution in [2.45, 2.75) is 6.92 Å². The van der Waals surface area contributed by atoms with Crippen molar-refractivity contribution >= 4 is 11.6 Å². The number of rotatable bonds is 5. The fourth-order valence-electron chi connectivity index (χ4n) is 3.06. The van der Waals surface area contributed by atoms with Gasteiger partial charge in [-0.25, -0.2) is 4.98 Å². The number of H-pyrrole nitrogens is 1. The summed E-state index contributed by atoms with van der Waals surface area (Å²) in [5.41, 5.74) is 2.73. The number of aromatic amines is 1. The van der Waals surface area contributed by atoms with Crippen LogP contribution in [-0.4, -0.2) is 15.9 Å². The molecule has 4 rings (SSSR count). The summed E-state index contributed by atoms with van der Waals surface area (Å²) in [7, 11) is 0. The van der Waals surface area contributed by atoms with Gasteiger partial charge in [-0.15, -0.1) is 0 Å². The Labute approximate surface area is 184 Å². The molecule has 0 spiro atoms. The number of anilines is 1. The van der Waals surface area contributed by atoms with Gasteiger partial charge in [-0.05, 0) is 73.7 Å². The Morgan fingerprint density at radius 2 is 1.75 bits per heavy atom. The van der Waals surface area contributed by atoms with E-state index in [1.807, 2.05) is 0 Å². The largest absolute Gasteiger partial charge is 0.457 e. The fourth-order valence-corrected chi connectivity index (χ4v) is 3.06. The van der Waals surface area contributed by atoms with Gasteiger partial charge in [0.15, 0.2) is 0 Å². The predicted octanol–water partition coefficient (Wildman–Crippen LogP) is 4.66. The van der Waals surface area contributed by atoms with Crippen molar-refractivity contribution in [1.82, 2.24) is 9.97 Å². The van der Waals surface area contributed by atoms with Crippen LogP contribution in [0.25, 0.3) is 11.4 Å². The van der Waals surface area contributed by atoms with Crippen LogP contribution in [0.3, 0.4) is 0 Å². The maximum Gasteiger partial charge on any atom is 0.255 e. The van der Waals surface area contributed by atoms with E-state index in [0.717, 1.165) is 5.56 Å². The zero-order valence-corrected chi connectivity index (χ0v) is 17.1. The molecule has 0 saturated carbocycles. The van der Waals surface area contributed by atoms with Gasteiger partial charge in [0.2, 0.25) is 0 Å². The second kappa shape index (κ2) is 8.98. The summed E-state index contributed by atoms with van der Waals surface area (Å²) in [6, 6.07) is 24.1. The first-order valence-corrected chi connectivity index (χ1v) is 9.78. The van der Waals surface area contributed by atoms with Crippen LogP contribution in [0.4, 0.5) is 5.69 Å². The number of aromatic nitrogens is 2. The molecule has 0 aliphatic carbocycles. The molecular formula is C25H18N4O3. The number of nitriles is 1. The quantitative estimate of drug-likeness (QED) is 0.486. The lowest BCUT2D eigenvalue weighted by atomic mass is 10.1. The molecule has 0 fully saturated rings. The van der Waals surface area contributed by atoms with E-state index in [4.69, 9.17) is 10.00 Å². The van der Waals surface area contributed by atoms with Crippen molar-refractivity contribution in [3.63, 3.8) is 0 Å². The molecule has 1 aromatic heterocycles. The molecule has 7 heteroatoms. The number of carbonyl (C=O) groups excluding carboxylic acids is 1. The van der Waals surface area contributed by atoms with Crippen molar-refractivity contribution in [1.29, 1.82) is 5.26 Å². The van der Waals surface area contributed by atoms with E-state index in [9.17, 15) is 9.59 Å². The minimum absolute atomic E-state index is 0.215. The lowest BCUT2D eigenvalue weighted by Gasteiger charge is -2.09. The monoisotopic (exact) mass is 422 g/mol. The highest BCUT2D eigenvalue weighted by Gasteiger charge is 2.09. The van der Waals surface area contributed by atoms with Crippen LogP contribution >= 0.6 is 0 Å². The van der Waals surface area contributed by atoms with E-state index < -0.39 is 0 Å². The number of hydrogen-bond donors (Lipinski definition) is 2. The van der Waals surface area contributed by atoms with Crippen LogP contribution < -0.4 is 15.6 Å². The summed E-state index contributed by atoms with van der Waals surface area (Å²) in [5.74, 6) is 1.26. The SMILES string of the molecule is Cc1cc(=O)[nH]c(-c2ccc(NC(=O)c3cccc(Oc4ccc(C#N)cc4)c3)cc2)n1. The maximum atomic E-state index is 12.7. The van der Waals surface area contributed by atoms with Gasteiger partial charge in [0, 0.05) is 28.6 Å². The summed E-state index contributed by atoms with van der Waals surface area (Å²) in [6.45, 7) is 1.76. The molecule has 3 aromatic carbocycles. The molecule has 4 aromatic rings. The highest BCUT2D eigenvalue weighted by atomic mass is 16.5. The Bertz CT molecular complexity index is 1370. The van der Waals surface area contributed by atoms with Gasteiger partial charge in [-0.1, -0.05) is 6.07 Å². The van der Waals surface area contributed by atoms with Crippen LogP contribution in [-0.2, 0) is 0 Å². The molecule has 2 N–H and O–H groups in total. The van der Waals surface area contributed by atoms with Crippen LogP contribution in [0.5, 0.6) is 11.5 Å². The van der Waals surface area contributed by atoms with Gasteiger partial charge in [0.1, 0.15) is 17.3 Å². The van der Waals surface area contributed by atoms with E-state index in [-0.39, 0.29) is 11.5 Å². The lowest BCUT2D eigenvalue weighted by Crippen LogP contribution is -2.12. The fraction of sp³-hybridized carbons (Fsp3) is 0.0400. The van der Waals surface area contributed by atoms with E-state index in [0.29, 0.717) is 39.8 Å². The summed E-state index contributed by atoms with van der Waals surface area (Å²) in [5, 5.41) is 11.7. The minimum Gasteiger partial charge on any atom is -0.457 e. The predicted molar refractivity (Wildman–Crippen MR) is 121 cm³/mol. The zero-order chi connectivity index (χ0) is 22.5. The van der Waals surface area contributed by atoms with Gasteiger partial charge in [-0.2, -0.15) is 5.26 Å². The summed E-state index contributed by atoms with van der Waals surface area (Å²) in [6.07, 6.45) is 0. The summed E-state index contributed by atoms with van der Waals surface area (Å²) >= 11 is 0. The molecule has 0 bridgehead atoms. The summed E-state index contributed by atoms with van der Waals surface area (Å²) in [4.78, 5) is 31.4. The topological polar surface area (TPSA) is 108 Å². The molecule has 0 atom stereocenters. The van der Waals surface area contributed by atoms with Crippen molar-refractivity contribution in [2.24, 2.45) is 0 Å². The Balaban J connectivity index is 1.46. The van der Waals surface area contributed by atoms with Crippen molar-refractivity contribution in [3.8, 4) is 29.0 Å². The molecule has 0 unspecified atom stereocenters. The standard InChI is InChI=1S/C25H18N4O3/c1-16-13-23(30)29-24(27-16)18-7-9-20(10-8-18)28-25(31)19-3-2-4-22(14-19)32-21-11-5-17(15-26)6-12-21/h2-14H,1H3,(H,28,31)(H,27,29,30). The smallest absolute Gasteiger partial charge is 0.255 e. The van der Waals surface area contributed by atoms with Crippen LogP contribution in [0.1, 0.15) is 21.6 Å². The average Bonchev–Trinajstić information content (AvgIpc) is 2.79. The van der Waals surface area contributed by atoms with Gasteiger partial charge in [-0.3, -0.25) is 9.59 Å². The molecular weight excluding hydrogens is 404 g/mol. The first kappa shape index (κ1) is 20.6. The van der Waals surface area contributed by atoms with Gasteiger partial charge in [0.25, 0.3) is 11.5 Å². The van der Waals surface area contributed by atoms with Crippen LogP contribution in [0.2, 0.25) is 0 Å². The molecule has 0 aliphatic heterocycles. The van der Waals surface area contributed by atoms with Crippen molar-refractivity contribution < 1.29 is 9.53 Å². The second-order valence-electron chi connectivity index (χ2n) is 7.03. The Morgan fingerprint density at radius 3 is 2.44 bits per heavy atom. The Kier molecular flexibility index (Phi) is 5.77. The molecule has 32 heavy (non-hydrogen) atoms. The van der Waals surface area contributed by atoms with Crippen LogP contribution in [0.15, 0.2) is 83.7 Å². The molecule has 0 radical (unpaired) electrons. The zero-order valence-electron chi connectivity index (χ0n) is 17.1. The number of amides is 1. The molecule has 7 nitrogen and oxygen atoms in total. The van der Waals surface area contributed by atoms with Gasteiger partial charge < -0.3 is 15.0 Å². The minimum atomic E-state index is -0.287. The number of hydrogen-bond acceptors (Lipinski definition) is 5. The maximum absolute atomic E-state index is 12.7. The Morgan fingerprint density at radius 1 is 1.00 bits per heavy atom. The molecule has 1 heterocycles. The molecule has 1 amide bonds. The van der Waals surface area contributed by atoms with Crippen LogP contribution in [0, 0.1) is 18.3 Å². The van der Waals surface area contributed by atoms with E-state index >= 15 is 0 Å². The van der Waals surface area contributed by atoms with Gasteiger partial charge in [0.05, 0.1) is 11.6 Å². The number of nitrogens with zero attached hydrogens (tertiary/aromatic N) is 2. The van der Waals surface area contributed by atoms with Crippen molar-refractivity contribution in [3.05, 3.63) is 106 Å². The number of ether oxygens (including phenoxy) is 1. The third-order valence-corrected chi connectivity index (χ3v) is 4.60. The van der Waals surface area contributed by atoms with Crippen molar-refractivity contribution in [2.75, 3.05) is 5.32 Å². The molecule has 156 valence electrons. The number of aryl methyl sites for hydroxylation is 1. The molecule has 0 aliphatic rings. The first-order valence-electron chi connectivity index (χ1n) is 9.78. The summed E-state index contributed by atoms with van der Waals surface area (Å²) < 4.78 is 5.78. The van der Waals surface area contributed by atoms with E-state index in [1.165, 1.54) is 6.07 Å². The number of carbonyl (C=O) groups is 1. The highest BCUT2D eigenvalue weighted by molar-refractivity contribution is 6.04. The second-order valence-corrected chi connectivity index (χ2v) is 7.03. The first-order chi connectivity index (χ1) is 15.5. The number of nitrogens with one attached hydrogen (secondary N) is 2. The van der Waals surface area contributed by atoms with Gasteiger partial charge >= 0.3 is 0 Å². The number of benzene rings is 3. The van der Waals surface area contributed by atoms with E-state index in [1.54, 1.807) is 79.7 Å². The molecule has 0 saturated heterocycles. The third-order valence-electron chi connectivity index (χ3n) is 4.60. The van der Waals surface area contributed by atoms with E-state index in [2.05, 4.69) is 21.4 Å².